The zero-order valence-electron chi connectivity index (χ0n) is 13.5. The first kappa shape index (κ1) is 15.1. The van der Waals surface area contributed by atoms with Gasteiger partial charge in [0.15, 0.2) is 0 Å². The van der Waals surface area contributed by atoms with E-state index in [0.29, 0.717) is 11.6 Å². The van der Waals surface area contributed by atoms with Gasteiger partial charge in [-0.1, -0.05) is 49.6 Å². The van der Waals surface area contributed by atoms with E-state index in [1.165, 1.54) is 70.1 Å². The van der Waals surface area contributed by atoms with E-state index < -0.39 is 0 Å². The SMILES string of the molecule is CC(CCc1ccccc1)N1CCNC2(CCCCC2)C1. The minimum absolute atomic E-state index is 0.442. The van der Waals surface area contributed by atoms with Crippen molar-refractivity contribution >= 4 is 0 Å². The van der Waals surface area contributed by atoms with E-state index in [-0.39, 0.29) is 0 Å². The summed E-state index contributed by atoms with van der Waals surface area (Å²) in [5.74, 6) is 0. The van der Waals surface area contributed by atoms with Gasteiger partial charge in [0.25, 0.3) is 0 Å². The van der Waals surface area contributed by atoms with Crippen LogP contribution in [0, 0.1) is 0 Å². The van der Waals surface area contributed by atoms with Gasteiger partial charge in [-0.2, -0.15) is 0 Å². The van der Waals surface area contributed by atoms with Crippen molar-refractivity contribution < 1.29 is 0 Å². The van der Waals surface area contributed by atoms with Crippen LogP contribution in [0.4, 0.5) is 0 Å². The van der Waals surface area contributed by atoms with Crippen molar-refractivity contribution in [3.8, 4) is 0 Å². The van der Waals surface area contributed by atoms with E-state index in [9.17, 15) is 0 Å². The van der Waals surface area contributed by atoms with Crippen molar-refractivity contribution in [3.05, 3.63) is 35.9 Å². The molecule has 1 N–H and O–H groups in total. The third-order valence-electron chi connectivity index (χ3n) is 5.53. The quantitative estimate of drug-likeness (QED) is 0.909. The first-order valence-corrected chi connectivity index (χ1v) is 8.80. The molecule has 1 heterocycles. The highest BCUT2D eigenvalue weighted by Gasteiger charge is 2.37. The molecule has 0 radical (unpaired) electrons. The lowest BCUT2D eigenvalue weighted by Crippen LogP contribution is -2.62. The van der Waals surface area contributed by atoms with Crippen LogP contribution in [0.5, 0.6) is 0 Å². The molecule has 1 aliphatic carbocycles. The van der Waals surface area contributed by atoms with Gasteiger partial charge in [-0.15, -0.1) is 0 Å². The van der Waals surface area contributed by atoms with Crippen LogP contribution in [-0.4, -0.2) is 36.1 Å². The summed E-state index contributed by atoms with van der Waals surface area (Å²) < 4.78 is 0. The molecule has 2 fully saturated rings. The zero-order chi connectivity index (χ0) is 14.5. The summed E-state index contributed by atoms with van der Waals surface area (Å²) in [4.78, 5) is 2.74. The second-order valence-corrected chi connectivity index (χ2v) is 7.11. The predicted molar refractivity (Wildman–Crippen MR) is 89.6 cm³/mol. The van der Waals surface area contributed by atoms with Gasteiger partial charge in [0, 0.05) is 31.2 Å². The summed E-state index contributed by atoms with van der Waals surface area (Å²) in [6.45, 7) is 6.08. The van der Waals surface area contributed by atoms with Crippen molar-refractivity contribution in [2.24, 2.45) is 0 Å². The lowest BCUT2D eigenvalue weighted by molar-refractivity contribution is 0.0705. The summed E-state index contributed by atoms with van der Waals surface area (Å²) in [5, 5.41) is 3.85. The van der Waals surface area contributed by atoms with Gasteiger partial charge in [-0.25, -0.2) is 0 Å². The molecule has 2 heteroatoms. The largest absolute Gasteiger partial charge is 0.309 e. The van der Waals surface area contributed by atoms with Crippen LogP contribution in [0.3, 0.4) is 0 Å². The fourth-order valence-electron chi connectivity index (χ4n) is 4.13. The molecule has 2 aliphatic rings. The van der Waals surface area contributed by atoms with Crippen molar-refractivity contribution in [1.29, 1.82) is 0 Å². The van der Waals surface area contributed by atoms with E-state index in [1.54, 1.807) is 0 Å². The molecule has 1 aromatic rings. The summed E-state index contributed by atoms with van der Waals surface area (Å²) >= 11 is 0. The van der Waals surface area contributed by atoms with E-state index in [4.69, 9.17) is 0 Å². The Morgan fingerprint density at radius 3 is 2.67 bits per heavy atom. The van der Waals surface area contributed by atoms with Gasteiger partial charge >= 0.3 is 0 Å². The molecule has 21 heavy (non-hydrogen) atoms. The Hall–Kier alpha value is -0.860. The first-order chi connectivity index (χ1) is 10.3. The second kappa shape index (κ2) is 6.93. The van der Waals surface area contributed by atoms with Crippen LogP contribution in [0.1, 0.15) is 51.0 Å². The molecule has 1 aliphatic heterocycles. The van der Waals surface area contributed by atoms with Crippen LogP contribution >= 0.6 is 0 Å². The lowest BCUT2D eigenvalue weighted by Gasteiger charge is -2.48. The van der Waals surface area contributed by atoms with Gasteiger partial charge < -0.3 is 5.32 Å². The molecule has 1 atom stereocenters. The van der Waals surface area contributed by atoms with Gasteiger partial charge in [-0.05, 0) is 38.2 Å². The lowest BCUT2D eigenvalue weighted by atomic mass is 9.80. The Morgan fingerprint density at radius 1 is 1.14 bits per heavy atom. The highest BCUT2D eigenvalue weighted by atomic mass is 15.2. The van der Waals surface area contributed by atoms with E-state index in [0.717, 1.165) is 0 Å². The van der Waals surface area contributed by atoms with Crippen LogP contribution in [0.2, 0.25) is 0 Å². The van der Waals surface area contributed by atoms with Crippen molar-refractivity contribution in [2.45, 2.75) is 63.5 Å². The van der Waals surface area contributed by atoms with Crippen LogP contribution in [0.25, 0.3) is 0 Å². The van der Waals surface area contributed by atoms with E-state index >= 15 is 0 Å². The Morgan fingerprint density at radius 2 is 1.90 bits per heavy atom. The Bertz CT molecular complexity index is 417. The Kier molecular flexibility index (Phi) is 4.97. The maximum Gasteiger partial charge on any atom is 0.0309 e. The smallest absolute Gasteiger partial charge is 0.0309 e. The van der Waals surface area contributed by atoms with Crippen LogP contribution < -0.4 is 5.32 Å². The molecule has 0 bridgehead atoms. The van der Waals surface area contributed by atoms with Crippen molar-refractivity contribution in [1.82, 2.24) is 10.2 Å². The van der Waals surface area contributed by atoms with Crippen molar-refractivity contribution in [2.75, 3.05) is 19.6 Å². The number of piperazine rings is 1. The number of nitrogens with zero attached hydrogens (tertiary/aromatic N) is 1. The zero-order valence-corrected chi connectivity index (χ0v) is 13.5. The molecule has 1 saturated carbocycles. The number of hydrogen-bond donors (Lipinski definition) is 1. The summed E-state index contributed by atoms with van der Waals surface area (Å²) in [6.07, 6.45) is 9.52. The third-order valence-corrected chi connectivity index (χ3v) is 5.53. The highest BCUT2D eigenvalue weighted by Crippen LogP contribution is 2.31. The number of rotatable bonds is 4. The molecule has 1 unspecified atom stereocenters. The van der Waals surface area contributed by atoms with E-state index in [1.807, 2.05) is 0 Å². The summed E-state index contributed by atoms with van der Waals surface area (Å²) in [7, 11) is 0. The third kappa shape index (κ3) is 3.87. The fraction of sp³-hybridized carbons (Fsp3) is 0.684. The first-order valence-electron chi connectivity index (χ1n) is 8.80. The highest BCUT2D eigenvalue weighted by molar-refractivity contribution is 5.14. The van der Waals surface area contributed by atoms with Gasteiger partial charge in [0.2, 0.25) is 0 Å². The predicted octanol–water partition coefficient (Wildman–Crippen LogP) is 3.62. The number of benzene rings is 1. The molecule has 1 saturated heterocycles. The molecular formula is C19H30N2. The maximum absolute atomic E-state index is 3.85. The molecular weight excluding hydrogens is 256 g/mol. The minimum Gasteiger partial charge on any atom is -0.309 e. The molecule has 2 nitrogen and oxygen atoms in total. The molecule has 1 spiro atoms. The standard InChI is InChI=1S/C19H30N2/c1-17(10-11-18-8-4-2-5-9-18)21-15-14-20-19(16-21)12-6-3-7-13-19/h2,4-5,8-9,17,20H,3,6-7,10-16H2,1H3. The molecule has 3 rings (SSSR count). The van der Waals surface area contributed by atoms with E-state index in [2.05, 4.69) is 47.5 Å². The van der Waals surface area contributed by atoms with Gasteiger partial charge in [0.05, 0.1) is 0 Å². The minimum atomic E-state index is 0.442. The Labute approximate surface area is 129 Å². The van der Waals surface area contributed by atoms with Crippen LogP contribution in [-0.2, 0) is 6.42 Å². The van der Waals surface area contributed by atoms with Gasteiger partial charge in [0.1, 0.15) is 0 Å². The average molecular weight is 286 g/mol. The average Bonchev–Trinajstić information content (AvgIpc) is 2.54. The van der Waals surface area contributed by atoms with Gasteiger partial charge in [-0.3, -0.25) is 4.90 Å². The monoisotopic (exact) mass is 286 g/mol. The number of hydrogen-bond acceptors (Lipinski definition) is 2. The second-order valence-electron chi connectivity index (χ2n) is 7.11. The summed E-state index contributed by atoms with van der Waals surface area (Å²) in [6, 6.07) is 11.6. The topological polar surface area (TPSA) is 15.3 Å². The molecule has 0 aromatic heterocycles. The normalized spacial score (nSPS) is 24.0. The van der Waals surface area contributed by atoms with Crippen LogP contribution in [0.15, 0.2) is 30.3 Å². The number of aryl methyl sites for hydroxylation is 1. The van der Waals surface area contributed by atoms with Crippen molar-refractivity contribution in [3.63, 3.8) is 0 Å². The molecule has 116 valence electrons. The summed E-state index contributed by atoms with van der Waals surface area (Å²) in [5.41, 5.74) is 1.92. The molecule has 0 amide bonds. The fourth-order valence-corrected chi connectivity index (χ4v) is 4.13. The molecule has 1 aromatic carbocycles. The Balaban J connectivity index is 1.53. The maximum atomic E-state index is 3.85. The number of nitrogens with one attached hydrogen (secondary N) is 1.